The number of amides is 1. The molecule has 90 valence electrons. The van der Waals surface area contributed by atoms with Crippen molar-refractivity contribution in [2.24, 2.45) is 0 Å². The molecule has 7 heteroatoms. The van der Waals surface area contributed by atoms with E-state index in [4.69, 9.17) is 0 Å². The van der Waals surface area contributed by atoms with E-state index in [2.05, 4.69) is 20.6 Å². The quantitative estimate of drug-likeness (QED) is 0.761. The molecule has 0 bridgehead atoms. The number of hydrogen-bond acceptors (Lipinski definition) is 5. The first-order valence-corrected chi connectivity index (χ1v) is 6.09. The molecule has 0 radical (unpaired) electrons. The van der Waals surface area contributed by atoms with Crippen molar-refractivity contribution in [1.82, 2.24) is 19.8 Å². The van der Waals surface area contributed by atoms with Crippen LogP contribution in [0.15, 0.2) is 30.6 Å². The van der Waals surface area contributed by atoms with E-state index >= 15 is 0 Å². The van der Waals surface area contributed by atoms with Crippen LogP contribution in [0.2, 0.25) is 0 Å². The largest absolute Gasteiger partial charge is 0.320 e. The lowest BCUT2D eigenvalue weighted by atomic mass is 10.2. The monoisotopic (exact) mass is 259 g/mol. The third-order valence-electron chi connectivity index (χ3n) is 2.39. The lowest BCUT2D eigenvalue weighted by Crippen LogP contribution is -2.11. The SMILES string of the molecule is Cc1ccc(NC(=O)c2nn3cnnc3s2)cc1. The van der Waals surface area contributed by atoms with Crippen molar-refractivity contribution < 1.29 is 4.79 Å². The van der Waals surface area contributed by atoms with Crippen LogP contribution in [0.3, 0.4) is 0 Å². The minimum atomic E-state index is -0.241. The Bertz CT molecular complexity index is 671. The minimum Gasteiger partial charge on any atom is -0.320 e. The van der Waals surface area contributed by atoms with Crippen LogP contribution >= 0.6 is 11.3 Å². The van der Waals surface area contributed by atoms with Gasteiger partial charge in [0.05, 0.1) is 0 Å². The molecule has 3 rings (SSSR count). The summed E-state index contributed by atoms with van der Waals surface area (Å²) in [4.78, 5) is 12.5. The maximum atomic E-state index is 11.9. The van der Waals surface area contributed by atoms with Crippen molar-refractivity contribution >= 4 is 27.9 Å². The van der Waals surface area contributed by atoms with Gasteiger partial charge in [0.25, 0.3) is 5.91 Å². The molecule has 0 spiro atoms. The Hall–Kier alpha value is -2.28. The summed E-state index contributed by atoms with van der Waals surface area (Å²) in [6, 6.07) is 7.59. The van der Waals surface area contributed by atoms with Crippen LogP contribution in [0.25, 0.3) is 4.96 Å². The zero-order valence-corrected chi connectivity index (χ0v) is 10.3. The Morgan fingerprint density at radius 2 is 2.11 bits per heavy atom. The lowest BCUT2D eigenvalue weighted by molar-refractivity contribution is 0.102. The second kappa shape index (κ2) is 4.19. The second-order valence-electron chi connectivity index (χ2n) is 3.79. The second-order valence-corrected chi connectivity index (χ2v) is 4.74. The summed E-state index contributed by atoms with van der Waals surface area (Å²) in [5.41, 5.74) is 1.89. The highest BCUT2D eigenvalue weighted by Crippen LogP contribution is 2.14. The molecule has 1 aromatic carbocycles. The first kappa shape index (κ1) is 10.8. The number of nitrogens with one attached hydrogen (secondary N) is 1. The van der Waals surface area contributed by atoms with Gasteiger partial charge in [-0.2, -0.15) is 4.52 Å². The van der Waals surface area contributed by atoms with E-state index in [9.17, 15) is 4.79 Å². The molecule has 0 aliphatic carbocycles. The van der Waals surface area contributed by atoms with E-state index in [1.54, 1.807) is 0 Å². The fraction of sp³-hybridized carbons (Fsp3) is 0.0909. The van der Waals surface area contributed by atoms with Crippen molar-refractivity contribution in [2.45, 2.75) is 6.92 Å². The van der Waals surface area contributed by atoms with Gasteiger partial charge in [0, 0.05) is 5.69 Å². The molecule has 0 atom stereocenters. The first-order chi connectivity index (χ1) is 8.72. The van der Waals surface area contributed by atoms with Gasteiger partial charge in [-0.1, -0.05) is 29.0 Å². The molecule has 0 aliphatic heterocycles. The molecule has 1 amide bonds. The van der Waals surface area contributed by atoms with E-state index in [-0.39, 0.29) is 5.91 Å². The number of aryl methyl sites for hydroxylation is 1. The van der Waals surface area contributed by atoms with Crippen LogP contribution in [0.1, 0.15) is 15.4 Å². The maximum absolute atomic E-state index is 11.9. The topological polar surface area (TPSA) is 72.2 Å². The number of benzene rings is 1. The Morgan fingerprint density at radius 1 is 1.33 bits per heavy atom. The summed E-state index contributed by atoms with van der Waals surface area (Å²) in [5, 5.41) is 14.7. The van der Waals surface area contributed by atoms with E-state index in [0.717, 1.165) is 11.3 Å². The van der Waals surface area contributed by atoms with Gasteiger partial charge in [0.2, 0.25) is 9.97 Å². The van der Waals surface area contributed by atoms with Crippen molar-refractivity contribution in [3.8, 4) is 0 Å². The Labute approximate surface area is 106 Å². The summed E-state index contributed by atoms with van der Waals surface area (Å²) in [7, 11) is 0. The number of aromatic nitrogens is 4. The Kier molecular flexibility index (Phi) is 2.52. The summed E-state index contributed by atoms with van der Waals surface area (Å²) >= 11 is 1.20. The van der Waals surface area contributed by atoms with Crippen LogP contribution in [0, 0.1) is 6.92 Å². The summed E-state index contributed by atoms with van der Waals surface area (Å²) in [6.45, 7) is 1.99. The maximum Gasteiger partial charge on any atom is 0.286 e. The molecule has 0 saturated carbocycles. The number of fused-ring (bicyclic) bond motifs is 1. The molecule has 1 N–H and O–H groups in total. The van der Waals surface area contributed by atoms with E-state index in [0.29, 0.717) is 9.97 Å². The van der Waals surface area contributed by atoms with Gasteiger partial charge in [0.1, 0.15) is 6.33 Å². The number of carbonyl (C=O) groups is 1. The molecule has 2 heterocycles. The van der Waals surface area contributed by atoms with Gasteiger partial charge in [-0.05, 0) is 19.1 Å². The lowest BCUT2D eigenvalue weighted by Gasteiger charge is -2.02. The summed E-state index contributed by atoms with van der Waals surface area (Å²) in [6.07, 6.45) is 1.47. The van der Waals surface area contributed by atoms with Crippen LogP contribution in [-0.2, 0) is 0 Å². The number of carbonyl (C=O) groups excluding carboxylic acids is 1. The van der Waals surface area contributed by atoms with Crippen LogP contribution in [0.4, 0.5) is 5.69 Å². The van der Waals surface area contributed by atoms with Crippen molar-refractivity contribution in [1.29, 1.82) is 0 Å². The average Bonchev–Trinajstić information content (AvgIpc) is 2.92. The summed E-state index contributed by atoms with van der Waals surface area (Å²) < 4.78 is 1.48. The fourth-order valence-electron chi connectivity index (χ4n) is 1.47. The summed E-state index contributed by atoms with van der Waals surface area (Å²) in [5.74, 6) is -0.241. The zero-order valence-electron chi connectivity index (χ0n) is 9.49. The average molecular weight is 259 g/mol. The van der Waals surface area contributed by atoms with E-state index in [1.807, 2.05) is 31.2 Å². The number of anilines is 1. The molecule has 2 aromatic heterocycles. The molecule has 6 nitrogen and oxygen atoms in total. The van der Waals surface area contributed by atoms with Gasteiger partial charge in [-0.25, -0.2) is 0 Å². The molecule has 0 aliphatic rings. The number of hydrogen-bond donors (Lipinski definition) is 1. The van der Waals surface area contributed by atoms with Gasteiger partial charge in [-0.3, -0.25) is 4.79 Å². The molecule has 0 fully saturated rings. The number of nitrogens with zero attached hydrogens (tertiary/aromatic N) is 4. The normalized spacial score (nSPS) is 10.7. The molecule has 3 aromatic rings. The molecule has 18 heavy (non-hydrogen) atoms. The third kappa shape index (κ3) is 1.95. The van der Waals surface area contributed by atoms with Gasteiger partial charge < -0.3 is 5.32 Å². The van der Waals surface area contributed by atoms with Crippen LogP contribution in [0.5, 0.6) is 0 Å². The van der Waals surface area contributed by atoms with Crippen molar-refractivity contribution in [3.63, 3.8) is 0 Å². The smallest absolute Gasteiger partial charge is 0.286 e. The molecular formula is C11H9N5OS. The highest BCUT2D eigenvalue weighted by molar-refractivity contribution is 7.18. The van der Waals surface area contributed by atoms with E-state index in [1.165, 1.54) is 22.2 Å². The highest BCUT2D eigenvalue weighted by Gasteiger charge is 2.13. The molecule has 0 unspecified atom stereocenters. The standard InChI is InChI=1S/C11H9N5OS/c1-7-2-4-8(5-3-7)13-9(17)10-15-16-6-12-14-11(16)18-10/h2-6H,1H3,(H,13,17). The number of rotatable bonds is 2. The minimum absolute atomic E-state index is 0.241. The first-order valence-electron chi connectivity index (χ1n) is 5.27. The van der Waals surface area contributed by atoms with Gasteiger partial charge in [0.15, 0.2) is 0 Å². The van der Waals surface area contributed by atoms with Crippen molar-refractivity contribution in [2.75, 3.05) is 5.32 Å². The van der Waals surface area contributed by atoms with Gasteiger partial charge in [-0.15, -0.1) is 15.3 Å². The van der Waals surface area contributed by atoms with Gasteiger partial charge >= 0.3 is 0 Å². The fourth-order valence-corrected chi connectivity index (χ4v) is 2.19. The molecular weight excluding hydrogens is 250 g/mol. The van der Waals surface area contributed by atoms with Crippen LogP contribution < -0.4 is 5.32 Å². The van der Waals surface area contributed by atoms with E-state index < -0.39 is 0 Å². The zero-order chi connectivity index (χ0) is 12.5. The third-order valence-corrected chi connectivity index (χ3v) is 3.30. The molecule has 0 saturated heterocycles. The van der Waals surface area contributed by atoms with Crippen LogP contribution in [-0.4, -0.2) is 25.7 Å². The van der Waals surface area contributed by atoms with Crippen molar-refractivity contribution in [3.05, 3.63) is 41.2 Å². The Morgan fingerprint density at radius 3 is 2.83 bits per heavy atom. The Balaban J connectivity index is 1.82. The predicted molar refractivity (Wildman–Crippen MR) is 67.8 cm³/mol. The highest BCUT2D eigenvalue weighted by atomic mass is 32.1. The predicted octanol–water partition coefficient (Wildman–Crippen LogP) is 1.75.